The lowest BCUT2D eigenvalue weighted by Crippen LogP contribution is -2.11. The molecule has 206 valence electrons. The molecule has 0 unspecified atom stereocenters. The quantitative estimate of drug-likeness (QED) is 0.153. The summed E-state index contributed by atoms with van der Waals surface area (Å²) >= 11 is 0. The number of benzene rings is 4. The van der Waals surface area contributed by atoms with Crippen LogP contribution in [0.15, 0.2) is 82.8 Å². The number of para-hydroxylation sites is 2. The summed E-state index contributed by atoms with van der Waals surface area (Å²) in [5.41, 5.74) is 19.3. The van der Waals surface area contributed by atoms with Crippen LogP contribution in [-0.2, 0) is 10.8 Å². The minimum absolute atomic E-state index is 0.184. The second kappa shape index (κ2) is 10.9. The highest BCUT2D eigenvalue weighted by Gasteiger charge is 2.20. The molecule has 6 nitrogen and oxygen atoms in total. The molecule has 0 saturated carbocycles. The van der Waals surface area contributed by atoms with Crippen molar-refractivity contribution in [2.75, 3.05) is 11.5 Å². The average molecular weight is 535 g/mol. The van der Waals surface area contributed by atoms with E-state index in [0.717, 1.165) is 22.3 Å². The van der Waals surface area contributed by atoms with Crippen molar-refractivity contribution >= 4 is 35.2 Å². The SMILES string of the molecule is CC(C)(C)c1cccc(C=Nc2ccc(-c3ccc(N=Cc4cccc(C(C)(C)C)c4O)c(N)c3)cc2N)c1O. The topological polar surface area (TPSA) is 117 Å². The van der Waals surface area contributed by atoms with E-state index in [1.807, 2.05) is 72.8 Å². The molecule has 40 heavy (non-hydrogen) atoms. The Hall–Kier alpha value is -4.58. The second-order valence-corrected chi connectivity index (χ2v) is 12.1. The average Bonchev–Trinajstić information content (AvgIpc) is 2.87. The predicted octanol–water partition coefficient (Wildman–Crippen LogP) is 8.03. The third kappa shape index (κ3) is 6.18. The van der Waals surface area contributed by atoms with Gasteiger partial charge in [0.2, 0.25) is 0 Å². The van der Waals surface area contributed by atoms with Crippen molar-refractivity contribution in [2.45, 2.75) is 52.4 Å². The fourth-order valence-corrected chi connectivity index (χ4v) is 4.52. The molecule has 0 aromatic heterocycles. The molecule has 0 bridgehead atoms. The summed E-state index contributed by atoms with van der Waals surface area (Å²) in [4.78, 5) is 9.07. The van der Waals surface area contributed by atoms with Crippen molar-refractivity contribution in [3.8, 4) is 22.6 Å². The largest absolute Gasteiger partial charge is 0.507 e. The van der Waals surface area contributed by atoms with Gasteiger partial charge in [-0.1, -0.05) is 77.9 Å². The van der Waals surface area contributed by atoms with Gasteiger partial charge in [0.25, 0.3) is 0 Å². The molecule has 0 aliphatic rings. The van der Waals surface area contributed by atoms with E-state index >= 15 is 0 Å². The maximum Gasteiger partial charge on any atom is 0.128 e. The van der Waals surface area contributed by atoms with Crippen molar-refractivity contribution in [1.82, 2.24) is 0 Å². The van der Waals surface area contributed by atoms with Crippen LogP contribution in [0, 0.1) is 0 Å². The number of aliphatic imine (C=N–C) groups is 2. The number of phenols is 2. The van der Waals surface area contributed by atoms with Gasteiger partial charge in [0, 0.05) is 23.6 Å². The summed E-state index contributed by atoms with van der Waals surface area (Å²) in [5, 5.41) is 21.4. The van der Waals surface area contributed by atoms with Crippen molar-refractivity contribution in [2.24, 2.45) is 9.98 Å². The molecule has 4 aromatic carbocycles. The summed E-state index contributed by atoms with van der Waals surface area (Å²) in [6, 6.07) is 22.6. The molecule has 6 heteroatoms. The highest BCUT2D eigenvalue weighted by atomic mass is 16.3. The smallest absolute Gasteiger partial charge is 0.128 e. The van der Waals surface area contributed by atoms with Gasteiger partial charge in [-0.15, -0.1) is 0 Å². The van der Waals surface area contributed by atoms with E-state index < -0.39 is 0 Å². The predicted molar refractivity (Wildman–Crippen MR) is 169 cm³/mol. The summed E-state index contributed by atoms with van der Waals surface area (Å²) in [6.07, 6.45) is 3.27. The van der Waals surface area contributed by atoms with Crippen LogP contribution in [0.2, 0.25) is 0 Å². The van der Waals surface area contributed by atoms with Gasteiger partial charge in [0.15, 0.2) is 0 Å². The van der Waals surface area contributed by atoms with E-state index in [1.54, 1.807) is 12.4 Å². The Morgan fingerprint density at radius 1 is 0.575 bits per heavy atom. The third-order valence-corrected chi connectivity index (χ3v) is 6.82. The first kappa shape index (κ1) is 28.4. The molecular formula is C34H38N4O2. The lowest BCUT2D eigenvalue weighted by atomic mass is 9.85. The van der Waals surface area contributed by atoms with Crippen LogP contribution in [-0.4, -0.2) is 22.6 Å². The summed E-state index contributed by atoms with van der Waals surface area (Å²) in [7, 11) is 0. The fourth-order valence-electron chi connectivity index (χ4n) is 4.52. The molecule has 0 atom stereocenters. The summed E-state index contributed by atoms with van der Waals surface area (Å²) < 4.78 is 0. The van der Waals surface area contributed by atoms with Crippen LogP contribution in [0.1, 0.15) is 63.8 Å². The molecule has 4 aromatic rings. The van der Waals surface area contributed by atoms with Gasteiger partial charge in [-0.2, -0.15) is 0 Å². The van der Waals surface area contributed by atoms with E-state index in [4.69, 9.17) is 11.5 Å². The maximum atomic E-state index is 10.7. The molecule has 0 amide bonds. The summed E-state index contributed by atoms with van der Waals surface area (Å²) in [5.74, 6) is 0.452. The zero-order valence-corrected chi connectivity index (χ0v) is 24.0. The van der Waals surface area contributed by atoms with Gasteiger partial charge in [0.1, 0.15) is 11.5 Å². The minimum Gasteiger partial charge on any atom is -0.507 e. The first-order valence-electron chi connectivity index (χ1n) is 13.3. The van der Waals surface area contributed by atoms with Gasteiger partial charge in [-0.05, 0) is 69.5 Å². The number of hydrogen-bond donors (Lipinski definition) is 4. The number of nitrogen functional groups attached to an aromatic ring is 2. The Balaban J connectivity index is 1.55. The molecule has 0 heterocycles. The summed E-state index contributed by atoms with van der Waals surface area (Å²) in [6.45, 7) is 12.3. The Morgan fingerprint density at radius 2 is 0.950 bits per heavy atom. The second-order valence-electron chi connectivity index (χ2n) is 12.1. The zero-order valence-electron chi connectivity index (χ0n) is 24.0. The van der Waals surface area contributed by atoms with Gasteiger partial charge >= 0.3 is 0 Å². The van der Waals surface area contributed by atoms with E-state index in [2.05, 4.69) is 51.5 Å². The van der Waals surface area contributed by atoms with E-state index in [9.17, 15) is 10.2 Å². The van der Waals surface area contributed by atoms with Gasteiger partial charge in [-0.25, -0.2) is 0 Å². The molecule has 0 spiro atoms. The van der Waals surface area contributed by atoms with Gasteiger partial charge < -0.3 is 21.7 Å². The van der Waals surface area contributed by atoms with Crippen LogP contribution < -0.4 is 11.5 Å². The van der Waals surface area contributed by atoms with Crippen LogP contribution in [0.3, 0.4) is 0 Å². The fraction of sp³-hybridized carbons (Fsp3) is 0.235. The number of nitrogens with two attached hydrogens (primary N) is 2. The first-order valence-corrected chi connectivity index (χ1v) is 13.3. The van der Waals surface area contributed by atoms with Gasteiger partial charge in [0.05, 0.1) is 22.7 Å². The Labute approximate surface area is 236 Å². The van der Waals surface area contributed by atoms with E-state index in [-0.39, 0.29) is 22.3 Å². The Bertz CT molecular complexity index is 1480. The molecule has 4 rings (SSSR count). The molecule has 0 radical (unpaired) electrons. The van der Waals surface area contributed by atoms with Gasteiger partial charge in [-0.3, -0.25) is 9.98 Å². The monoisotopic (exact) mass is 534 g/mol. The molecule has 6 N–H and O–H groups in total. The minimum atomic E-state index is -0.184. The van der Waals surface area contributed by atoms with Crippen molar-refractivity contribution in [3.63, 3.8) is 0 Å². The highest BCUT2D eigenvalue weighted by molar-refractivity contribution is 5.90. The van der Waals surface area contributed by atoms with Crippen LogP contribution >= 0.6 is 0 Å². The van der Waals surface area contributed by atoms with Crippen molar-refractivity contribution < 1.29 is 10.2 Å². The normalized spacial score (nSPS) is 12.4. The standard InChI is InChI=1S/C34H38N4O2/c1-33(2,3)25-11-7-9-23(31(25)39)19-37-29-15-13-21(17-27(29)35)22-14-16-30(28(36)18-22)38-20-24-10-8-12-26(32(24)40)34(4,5)6/h7-20,39-40H,35-36H2,1-6H3. The molecule has 0 aliphatic heterocycles. The Morgan fingerprint density at radius 3 is 1.27 bits per heavy atom. The van der Waals surface area contributed by atoms with E-state index in [0.29, 0.717) is 33.9 Å². The van der Waals surface area contributed by atoms with Crippen molar-refractivity contribution in [3.05, 3.63) is 95.1 Å². The lowest BCUT2D eigenvalue weighted by molar-refractivity contribution is 0.445. The number of anilines is 2. The highest BCUT2D eigenvalue weighted by Crippen LogP contribution is 2.36. The molecule has 0 fully saturated rings. The number of nitrogens with zero attached hydrogens (tertiary/aromatic N) is 2. The number of phenolic OH excluding ortho intramolecular Hbond substituents is 2. The van der Waals surface area contributed by atoms with Crippen LogP contribution in [0.4, 0.5) is 22.7 Å². The maximum absolute atomic E-state index is 10.7. The third-order valence-electron chi connectivity index (χ3n) is 6.82. The van der Waals surface area contributed by atoms with Crippen LogP contribution in [0.5, 0.6) is 11.5 Å². The van der Waals surface area contributed by atoms with E-state index in [1.165, 1.54) is 0 Å². The zero-order chi connectivity index (χ0) is 29.2. The molecular weight excluding hydrogens is 496 g/mol. The number of aromatic hydroxyl groups is 2. The number of rotatable bonds is 5. The Kier molecular flexibility index (Phi) is 7.74. The lowest BCUT2D eigenvalue weighted by Gasteiger charge is -2.21. The first-order chi connectivity index (χ1) is 18.8. The molecule has 0 aliphatic carbocycles. The molecule has 0 saturated heterocycles. The van der Waals surface area contributed by atoms with Crippen LogP contribution in [0.25, 0.3) is 11.1 Å². The number of hydrogen-bond acceptors (Lipinski definition) is 6. The van der Waals surface area contributed by atoms with Crippen molar-refractivity contribution in [1.29, 1.82) is 0 Å².